The molecule has 0 radical (unpaired) electrons. The van der Waals surface area contributed by atoms with Crippen LogP contribution in [0.1, 0.15) is 42.5 Å². The van der Waals surface area contributed by atoms with Crippen molar-refractivity contribution >= 4 is 45.7 Å². The molecule has 10 heteroatoms. The standard InChI is InChI=1S/C7H8N4O3S.C7H12O2/c8-5(13)3-1-4(10-2-12)15-6(3)11-7(9)14;8-7(9)6-4-2-1-3-5-6/h1-2H,(H2,8,13)(H,10,12)(H3,9,11,14);6H,1-5H2,(H,8,9). The van der Waals surface area contributed by atoms with Crippen LogP contribution < -0.4 is 22.1 Å². The number of aliphatic carboxylic acids is 1. The monoisotopic (exact) mass is 356 g/mol. The van der Waals surface area contributed by atoms with Crippen molar-refractivity contribution in [1.82, 2.24) is 0 Å². The van der Waals surface area contributed by atoms with Crippen LogP contribution >= 0.6 is 11.3 Å². The van der Waals surface area contributed by atoms with E-state index in [9.17, 15) is 19.2 Å². The molecular weight excluding hydrogens is 336 g/mol. The molecule has 0 aromatic carbocycles. The van der Waals surface area contributed by atoms with Crippen LogP contribution in [0.15, 0.2) is 6.07 Å². The Morgan fingerprint density at radius 3 is 2.25 bits per heavy atom. The number of carbonyl (C=O) groups is 4. The summed E-state index contributed by atoms with van der Waals surface area (Å²) in [6.07, 6.45) is 5.69. The number of nitrogens with one attached hydrogen (secondary N) is 2. The van der Waals surface area contributed by atoms with Crippen molar-refractivity contribution in [2.75, 3.05) is 10.6 Å². The van der Waals surface area contributed by atoms with Crippen LogP contribution in [0.5, 0.6) is 0 Å². The number of hydrogen-bond acceptors (Lipinski definition) is 5. The lowest BCUT2D eigenvalue weighted by Gasteiger charge is -2.16. The molecule has 0 bridgehead atoms. The third-order valence-electron chi connectivity index (χ3n) is 3.39. The van der Waals surface area contributed by atoms with Gasteiger partial charge in [0.1, 0.15) is 5.00 Å². The first-order valence-corrected chi connectivity index (χ1v) is 8.09. The van der Waals surface area contributed by atoms with Crippen LogP contribution in [-0.2, 0) is 9.59 Å². The molecule has 1 heterocycles. The molecule has 1 fully saturated rings. The summed E-state index contributed by atoms with van der Waals surface area (Å²) >= 11 is 0.986. The number of rotatable bonds is 5. The molecule has 0 unspecified atom stereocenters. The van der Waals surface area contributed by atoms with E-state index in [-0.39, 0.29) is 16.5 Å². The summed E-state index contributed by atoms with van der Waals surface area (Å²) in [5.74, 6) is -1.35. The van der Waals surface area contributed by atoms with E-state index in [1.807, 2.05) is 0 Å². The maximum atomic E-state index is 10.9. The normalized spacial score (nSPS) is 14.0. The molecule has 0 aliphatic heterocycles. The number of carbonyl (C=O) groups excluding carboxylic acids is 3. The number of hydrogen-bond donors (Lipinski definition) is 5. The van der Waals surface area contributed by atoms with E-state index in [2.05, 4.69) is 10.6 Å². The van der Waals surface area contributed by atoms with Crippen molar-refractivity contribution < 1.29 is 24.3 Å². The van der Waals surface area contributed by atoms with E-state index in [1.165, 1.54) is 12.5 Å². The molecule has 24 heavy (non-hydrogen) atoms. The van der Waals surface area contributed by atoms with Gasteiger partial charge >= 0.3 is 12.0 Å². The quantitative estimate of drug-likeness (QED) is 0.504. The van der Waals surface area contributed by atoms with Crippen molar-refractivity contribution in [2.45, 2.75) is 32.1 Å². The number of anilines is 2. The molecule has 0 spiro atoms. The number of urea groups is 1. The number of amides is 4. The molecule has 4 amide bonds. The second-order valence-electron chi connectivity index (χ2n) is 5.14. The zero-order valence-electron chi connectivity index (χ0n) is 12.9. The Morgan fingerprint density at radius 1 is 1.21 bits per heavy atom. The predicted octanol–water partition coefficient (Wildman–Crippen LogP) is 1.56. The van der Waals surface area contributed by atoms with Crippen molar-refractivity contribution in [3.63, 3.8) is 0 Å². The molecular formula is C14H20N4O5S. The fraction of sp³-hybridized carbons (Fsp3) is 0.429. The van der Waals surface area contributed by atoms with Gasteiger partial charge in [-0.3, -0.25) is 19.7 Å². The maximum Gasteiger partial charge on any atom is 0.317 e. The largest absolute Gasteiger partial charge is 0.481 e. The van der Waals surface area contributed by atoms with E-state index >= 15 is 0 Å². The second-order valence-corrected chi connectivity index (χ2v) is 6.19. The SMILES string of the molecule is NC(=O)Nc1sc(NC=O)cc1C(N)=O.O=C(O)C1CCCCC1. The molecule has 7 N–H and O–H groups in total. The third-order valence-corrected chi connectivity index (χ3v) is 4.37. The summed E-state index contributed by atoms with van der Waals surface area (Å²) < 4.78 is 0. The Morgan fingerprint density at radius 2 is 1.83 bits per heavy atom. The molecule has 1 aliphatic carbocycles. The van der Waals surface area contributed by atoms with Crippen molar-refractivity contribution in [3.8, 4) is 0 Å². The number of thiophene rings is 1. The average Bonchev–Trinajstić information content (AvgIpc) is 2.91. The van der Waals surface area contributed by atoms with Crippen molar-refractivity contribution in [1.29, 1.82) is 0 Å². The Kier molecular flexibility index (Phi) is 7.69. The van der Waals surface area contributed by atoms with Crippen molar-refractivity contribution in [2.24, 2.45) is 17.4 Å². The topological polar surface area (TPSA) is 165 Å². The Bertz CT molecular complexity index is 610. The first kappa shape index (κ1) is 19.4. The van der Waals surface area contributed by atoms with Gasteiger partial charge in [0, 0.05) is 0 Å². The highest BCUT2D eigenvalue weighted by Crippen LogP contribution is 2.31. The van der Waals surface area contributed by atoms with E-state index in [0.29, 0.717) is 11.4 Å². The molecule has 132 valence electrons. The Balaban J connectivity index is 0.000000272. The number of nitrogens with two attached hydrogens (primary N) is 2. The van der Waals surface area contributed by atoms with Crippen LogP contribution in [0, 0.1) is 5.92 Å². The van der Waals surface area contributed by atoms with Gasteiger partial charge in [-0.05, 0) is 18.9 Å². The summed E-state index contributed by atoms with van der Waals surface area (Å²) in [6.45, 7) is 0. The number of primary amides is 2. The Labute approximate surface area is 142 Å². The zero-order chi connectivity index (χ0) is 18.1. The Hall–Kier alpha value is -2.62. The molecule has 1 aliphatic rings. The van der Waals surface area contributed by atoms with Crippen LogP contribution in [0.4, 0.5) is 14.8 Å². The molecule has 9 nitrogen and oxygen atoms in total. The van der Waals surface area contributed by atoms with E-state index in [4.69, 9.17) is 16.6 Å². The molecule has 1 aromatic rings. The van der Waals surface area contributed by atoms with E-state index in [0.717, 1.165) is 37.0 Å². The molecule has 1 saturated carbocycles. The highest BCUT2D eigenvalue weighted by molar-refractivity contribution is 7.20. The lowest BCUT2D eigenvalue weighted by atomic mass is 9.90. The highest BCUT2D eigenvalue weighted by Gasteiger charge is 2.19. The minimum Gasteiger partial charge on any atom is -0.481 e. The predicted molar refractivity (Wildman–Crippen MR) is 89.9 cm³/mol. The van der Waals surface area contributed by atoms with Gasteiger partial charge in [0.2, 0.25) is 6.41 Å². The van der Waals surface area contributed by atoms with Gasteiger partial charge in [-0.2, -0.15) is 0 Å². The lowest BCUT2D eigenvalue weighted by molar-refractivity contribution is -0.142. The summed E-state index contributed by atoms with van der Waals surface area (Å²) in [5, 5.41) is 13.7. The molecule has 1 aromatic heterocycles. The number of carboxylic acids is 1. The lowest BCUT2D eigenvalue weighted by Crippen LogP contribution is -2.21. The van der Waals surface area contributed by atoms with Gasteiger partial charge < -0.3 is 21.9 Å². The van der Waals surface area contributed by atoms with Gasteiger partial charge in [-0.15, -0.1) is 0 Å². The third kappa shape index (κ3) is 6.24. The summed E-state index contributed by atoms with van der Waals surface area (Å²) in [6, 6.07) is 0.546. The minimum atomic E-state index is -0.808. The van der Waals surface area contributed by atoms with Gasteiger partial charge in [-0.25, -0.2) is 4.79 Å². The van der Waals surface area contributed by atoms with Crippen molar-refractivity contribution in [3.05, 3.63) is 11.6 Å². The van der Waals surface area contributed by atoms with Gasteiger partial charge in [0.25, 0.3) is 5.91 Å². The maximum absolute atomic E-state index is 10.9. The molecule has 0 atom stereocenters. The van der Waals surface area contributed by atoms with Crippen LogP contribution in [0.3, 0.4) is 0 Å². The average molecular weight is 356 g/mol. The fourth-order valence-corrected chi connectivity index (χ4v) is 3.18. The van der Waals surface area contributed by atoms with Gasteiger partial charge in [0.15, 0.2) is 0 Å². The first-order valence-electron chi connectivity index (χ1n) is 7.28. The fourth-order valence-electron chi connectivity index (χ4n) is 2.26. The molecule has 0 saturated heterocycles. The first-order chi connectivity index (χ1) is 11.3. The summed E-state index contributed by atoms with van der Waals surface area (Å²) in [7, 11) is 0. The van der Waals surface area contributed by atoms with Gasteiger partial charge in [0.05, 0.1) is 16.5 Å². The van der Waals surface area contributed by atoms with Crippen LogP contribution in [0.25, 0.3) is 0 Å². The number of carboxylic acid groups (broad SMARTS) is 1. The smallest absolute Gasteiger partial charge is 0.317 e. The molecule has 2 rings (SSSR count). The summed E-state index contributed by atoms with van der Waals surface area (Å²) in [4.78, 5) is 42.0. The van der Waals surface area contributed by atoms with Crippen LogP contribution in [0.2, 0.25) is 0 Å². The van der Waals surface area contributed by atoms with E-state index in [1.54, 1.807) is 0 Å². The second kappa shape index (κ2) is 9.50. The van der Waals surface area contributed by atoms with Gasteiger partial charge in [-0.1, -0.05) is 30.6 Å². The zero-order valence-corrected chi connectivity index (χ0v) is 13.7. The highest BCUT2D eigenvalue weighted by atomic mass is 32.1. The van der Waals surface area contributed by atoms with Crippen LogP contribution in [-0.4, -0.2) is 29.4 Å². The minimum absolute atomic E-state index is 0.0289. The summed E-state index contributed by atoms with van der Waals surface area (Å²) in [5.41, 5.74) is 10.1. The van der Waals surface area contributed by atoms with E-state index < -0.39 is 17.9 Å².